The molecule has 28 heavy (non-hydrogen) atoms. The summed E-state index contributed by atoms with van der Waals surface area (Å²) in [5.74, 6) is -0.274. The van der Waals surface area contributed by atoms with Crippen LogP contribution in [0.4, 0.5) is 4.79 Å². The van der Waals surface area contributed by atoms with E-state index in [2.05, 4.69) is 24.3 Å². The molecule has 2 fully saturated rings. The average Bonchev–Trinajstić information content (AvgIpc) is 3.43. The molecule has 1 aliphatic heterocycles. The van der Waals surface area contributed by atoms with Crippen molar-refractivity contribution >= 4 is 23.8 Å². The van der Waals surface area contributed by atoms with Gasteiger partial charge in [-0.15, -0.1) is 11.8 Å². The number of ether oxygens (including phenoxy) is 1. The molecule has 2 aliphatic rings. The van der Waals surface area contributed by atoms with E-state index in [-0.39, 0.29) is 17.2 Å². The number of likely N-dealkylation sites (tertiary alicyclic amines) is 1. The molecule has 1 aromatic rings. The molecular formula is C21H27N3O3S. The number of carbonyl (C=O) groups is 2. The molecule has 1 heterocycles. The molecule has 7 heteroatoms. The Kier molecular flexibility index (Phi) is 6.84. The summed E-state index contributed by atoms with van der Waals surface area (Å²) in [6, 6.07) is 7.61. The van der Waals surface area contributed by atoms with Crippen LogP contribution in [0.25, 0.3) is 0 Å². The summed E-state index contributed by atoms with van der Waals surface area (Å²) >= 11 is 1.67. The molecule has 150 valence electrons. The van der Waals surface area contributed by atoms with Crippen molar-refractivity contribution in [2.45, 2.75) is 68.2 Å². The van der Waals surface area contributed by atoms with Crippen molar-refractivity contribution in [3.05, 3.63) is 29.8 Å². The Hall–Kier alpha value is -2.20. The van der Waals surface area contributed by atoms with Crippen LogP contribution in [0.5, 0.6) is 0 Å². The Bertz CT molecular complexity index is 742. The number of thioether (sulfide) groups is 1. The Balaban J connectivity index is 1.71. The zero-order valence-electron chi connectivity index (χ0n) is 16.5. The predicted molar refractivity (Wildman–Crippen MR) is 108 cm³/mol. The van der Waals surface area contributed by atoms with Crippen molar-refractivity contribution in [2.24, 2.45) is 0 Å². The first-order valence-corrected chi connectivity index (χ1v) is 10.8. The first-order chi connectivity index (χ1) is 13.5. The van der Waals surface area contributed by atoms with E-state index in [1.807, 2.05) is 20.0 Å². The fourth-order valence-electron chi connectivity index (χ4n) is 3.32. The number of aryl methyl sites for hydroxylation is 1. The molecule has 1 saturated carbocycles. The highest BCUT2D eigenvalue weighted by Gasteiger charge is 2.45. The van der Waals surface area contributed by atoms with Gasteiger partial charge in [0.15, 0.2) is 6.19 Å². The molecular weight excluding hydrogens is 374 g/mol. The Morgan fingerprint density at radius 2 is 2.04 bits per heavy atom. The van der Waals surface area contributed by atoms with Crippen molar-refractivity contribution in [2.75, 3.05) is 13.2 Å². The normalized spacial score (nSPS) is 21.2. The fraction of sp³-hybridized carbons (Fsp3) is 0.571. The molecule has 0 aromatic heterocycles. The third kappa shape index (κ3) is 4.99. The van der Waals surface area contributed by atoms with Gasteiger partial charge in [0.25, 0.3) is 5.91 Å². The van der Waals surface area contributed by atoms with Crippen molar-refractivity contribution < 1.29 is 14.3 Å². The monoisotopic (exact) mass is 401 g/mol. The largest absolute Gasteiger partial charge is 0.449 e. The van der Waals surface area contributed by atoms with Gasteiger partial charge in [-0.3, -0.25) is 9.69 Å². The van der Waals surface area contributed by atoms with Crippen LogP contribution in [0.1, 0.15) is 44.6 Å². The maximum atomic E-state index is 13.0. The molecule has 0 bridgehead atoms. The Morgan fingerprint density at radius 3 is 2.64 bits per heavy atom. The second-order valence-electron chi connectivity index (χ2n) is 7.46. The maximum Gasteiger partial charge on any atom is 0.410 e. The molecule has 2 amide bonds. The Morgan fingerprint density at radius 1 is 1.32 bits per heavy atom. The molecule has 1 saturated heterocycles. The number of carbonyl (C=O) groups excluding carboxylic acids is 2. The molecule has 2 unspecified atom stereocenters. The van der Waals surface area contributed by atoms with E-state index in [9.17, 15) is 14.9 Å². The Labute approximate surface area is 170 Å². The molecule has 1 aromatic carbocycles. The minimum atomic E-state index is -0.627. The first kappa shape index (κ1) is 20.5. The van der Waals surface area contributed by atoms with E-state index in [0.717, 1.165) is 30.6 Å². The van der Waals surface area contributed by atoms with Crippen molar-refractivity contribution in [3.63, 3.8) is 0 Å². The number of nitrogens with zero attached hydrogens (tertiary/aromatic N) is 3. The standard InChI is InChI=1S/C21H27N3O3S/c1-3-4-11-27-21(26)23-13-18(28-17-9-5-15(2)6-10-17)12-19(23)20(25)24(14-22)16-7-8-16/h5-6,9-10,16,18-19H,3-4,7-8,11-13H2,1-2H3. The minimum absolute atomic E-state index is 0.000682. The number of unbranched alkanes of at least 4 members (excludes halogenated alkanes) is 1. The van der Waals surface area contributed by atoms with Crippen LogP contribution in [0.2, 0.25) is 0 Å². The average molecular weight is 402 g/mol. The molecule has 1 aliphatic carbocycles. The van der Waals surface area contributed by atoms with Gasteiger partial charge in [-0.2, -0.15) is 5.26 Å². The third-order valence-corrected chi connectivity index (χ3v) is 6.31. The summed E-state index contributed by atoms with van der Waals surface area (Å²) < 4.78 is 5.37. The maximum absolute atomic E-state index is 13.0. The number of hydrogen-bond donors (Lipinski definition) is 0. The highest BCUT2D eigenvalue weighted by atomic mass is 32.2. The van der Waals surface area contributed by atoms with Gasteiger partial charge in [0.2, 0.25) is 0 Å². The number of hydrogen-bond acceptors (Lipinski definition) is 5. The SMILES string of the molecule is CCCCOC(=O)N1CC(Sc2ccc(C)cc2)CC1C(=O)N(C#N)C1CC1. The quantitative estimate of drug-likeness (QED) is 0.393. The zero-order chi connectivity index (χ0) is 20.1. The minimum Gasteiger partial charge on any atom is -0.449 e. The van der Waals surface area contributed by atoms with E-state index in [1.165, 1.54) is 15.4 Å². The van der Waals surface area contributed by atoms with Crippen molar-refractivity contribution in [1.82, 2.24) is 9.80 Å². The highest BCUT2D eigenvalue weighted by molar-refractivity contribution is 8.00. The summed E-state index contributed by atoms with van der Waals surface area (Å²) in [5.41, 5.74) is 1.19. The van der Waals surface area contributed by atoms with Gasteiger partial charge >= 0.3 is 6.09 Å². The van der Waals surface area contributed by atoms with Crippen molar-refractivity contribution in [3.8, 4) is 6.19 Å². The van der Waals surface area contributed by atoms with Gasteiger partial charge < -0.3 is 4.74 Å². The number of benzene rings is 1. The lowest BCUT2D eigenvalue weighted by molar-refractivity contribution is -0.132. The smallest absolute Gasteiger partial charge is 0.410 e. The summed E-state index contributed by atoms with van der Waals surface area (Å²) in [4.78, 5) is 29.5. The van der Waals surface area contributed by atoms with E-state index < -0.39 is 12.1 Å². The molecule has 0 radical (unpaired) electrons. The van der Waals surface area contributed by atoms with Crippen LogP contribution in [0.3, 0.4) is 0 Å². The summed E-state index contributed by atoms with van der Waals surface area (Å²) in [6.45, 7) is 4.88. The molecule has 2 atom stereocenters. The molecule has 6 nitrogen and oxygen atoms in total. The van der Waals surface area contributed by atoms with E-state index in [4.69, 9.17) is 4.74 Å². The predicted octanol–water partition coefficient (Wildman–Crippen LogP) is 3.94. The number of amides is 2. The van der Waals surface area contributed by atoms with Gasteiger partial charge in [0.1, 0.15) is 6.04 Å². The van der Waals surface area contributed by atoms with Crippen LogP contribution in [0, 0.1) is 18.4 Å². The first-order valence-electron chi connectivity index (χ1n) is 9.93. The molecule has 0 N–H and O–H groups in total. The van der Waals surface area contributed by atoms with Gasteiger partial charge in [-0.1, -0.05) is 31.0 Å². The van der Waals surface area contributed by atoms with Crippen molar-refractivity contribution in [1.29, 1.82) is 5.26 Å². The van der Waals surface area contributed by atoms with Crippen LogP contribution in [-0.2, 0) is 9.53 Å². The summed E-state index contributed by atoms with van der Waals surface area (Å²) in [6.07, 6.45) is 5.55. The number of nitriles is 1. The van der Waals surface area contributed by atoms with Crippen LogP contribution in [-0.4, -0.2) is 52.3 Å². The fourth-order valence-corrected chi connectivity index (χ4v) is 4.51. The van der Waals surface area contributed by atoms with Crippen LogP contribution >= 0.6 is 11.8 Å². The van der Waals surface area contributed by atoms with Crippen LogP contribution < -0.4 is 0 Å². The topological polar surface area (TPSA) is 73.6 Å². The lowest BCUT2D eigenvalue weighted by atomic mass is 10.2. The lowest BCUT2D eigenvalue weighted by Gasteiger charge is -2.25. The van der Waals surface area contributed by atoms with Gasteiger partial charge in [0, 0.05) is 22.7 Å². The summed E-state index contributed by atoms with van der Waals surface area (Å²) in [7, 11) is 0. The van der Waals surface area contributed by atoms with E-state index >= 15 is 0 Å². The second-order valence-corrected chi connectivity index (χ2v) is 8.84. The van der Waals surface area contributed by atoms with Gasteiger partial charge in [-0.05, 0) is 44.7 Å². The molecule has 0 spiro atoms. The number of rotatable bonds is 7. The zero-order valence-corrected chi connectivity index (χ0v) is 17.3. The highest BCUT2D eigenvalue weighted by Crippen LogP contribution is 2.35. The summed E-state index contributed by atoms with van der Waals surface area (Å²) in [5, 5.41) is 9.50. The third-order valence-electron chi connectivity index (χ3n) is 5.09. The lowest BCUT2D eigenvalue weighted by Crippen LogP contribution is -2.47. The van der Waals surface area contributed by atoms with E-state index in [1.54, 1.807) is 11.8 Å². The second kappa shape index (κ2) is 9.33. The van der Waals surface area contributed by atoms with Gasteiger partial charge in [0.05, 0.1) is 6.61 Å². The van der Waals surface area contributed by atoms with Crippen LogP contribution in [0.15, 0.2) is 29.2 Å². The van der Waals surface area contributed by atoms with E-state index in [0.29, 0.717) is 19.6 Å². The van der Waals surface area contributed by atoms with Gasteiger partial charge in [-0.25, -0.2) is 9.69 Å². The molecule has 3 rings (SSSR count).